The maximum Gasteiger partial charge on any atom is 0.239 e. The zero-order valence-electron chi connectivity index (χ0n) is 23.1. The fourth-order valence-corrected chi connectivity index (χ4v) is 5.93. The van der Waals surface area contributed by atoms with Crippen LogP contribution < -0.4 is 10.0 Å². The third kappa shape index (κ3) is 8.91. The molecule has 3 atom stereocenters. The van der Waals surface area contributed by atoms with Gasteiger partial charge in [0.15, 0.2) is 0 Å². The first kappa shape index (κ1) is 33.3. The number of likely N-dealkylation sites (tertiary alicyclic amines) is 1. The summed E-state index contributed by atoms with van der Waals surface area (Å²) in [5, 5.41) is 4.24. The van der Waals surface area contributed by atoms with Gasteiger partial charge < -0.3 is 15.0 Å². The van der Waals surface area contributed by atoms with E-state index in [0.717, 1.165) is 22.9 Å². The number of carbonyl (C=O) groups is 1. The van der Waals surface area contributed by atoms with E-state index in [9.17, 15) is 13.2 Å². The third-order valence-electron chi connectivity index (χ3n) is 7.40. The van der Waals surface area contributed by atoms with Crippen molar-refractivity contribution in [3.63, 3.8) is 0 Å². The molecule has 0 spiro atoms. The second kappa shape index (κ2) is 14.8. The fourth-order valence-electron chi connectivity index (χ4n) is 5.09. The summed E-state index contributed by atoms with van der Waals surface area (Å²) < 4.78 is 33.6. The number of rotatable bonds is 11. The molecule has 11 heteroatoms. The van der Waals surface area contributed by atoms with Crippen molar-refractivity contribution in [3.8, 4) is 0 Å². The number of piperidine rings is 1. The normalized spacial score (nSPS) is 19.8. The molecule has 3 aromatic carbocycles. The number of hydrogen-bond acceptors (Lipinski definition) is 5. The molecule has 1 heterocycles. The fraction of sp³-hybridized carbons (Fsp3) is 0.367. The molecule has 4 rings (SSSR count). The standard InChI is InChI=1S/C30H35Cl2N3O4S.ClH/c1-22(33-18-24-13-14-26(31)27(32)17-24)29(36)35-16-15-30(21-34-40(2,37)38,25-11-7-4-8-12-25)28(19-35)39-20-23-9-5-3-6-10-23;/h3-14,17,22,28,33-34H,15-16,18-21H2,1-2H3;1H. The maximum absolute atomic E-state index is 13.6. The number of amides is 1. The van der Waals surface area contributed by atoms with Crippen LogP contribution in [-0.4, -0.2) is 57.3 Å². The summed E-state index contributed by atoms with van der Waals surface area (Å²) in [4.78, 5) is 15.4. The van der Waals surface area contributed by atoms with E-state index in [1.165, 1.54) is 0 Å². The Morgan fingerprint density at radius 1 is 1.02 bits per heavy atom. The van der Waals surface area contributed by atoms with Crippen molar-refractivity contribution in [2.75, 3.05) is 25.9 Å². The highest BCUT2D eigenvalue weighted by Crippen LogP contribution is 2.38. The van der Waals surface area contributed by atoms with Crippen LogP contribution in [0.3, 0.4) is 0 Å². The van der Waals surface area contributed by atoms with Crippen molar-refractivity contribution in [1.82, 2.24) is 14.9 Å². The monoisotopic (exact) mass is 639 g/mol. The Morgan fingerprint density at radius 2 is 1.68 bits per heavy atom. The number of ether oxygens (including phenoxy) is 1. The second-order valence-electron chi connectivity index (χ2n) is 10.3. The Labute approximate surface area is 259 Å². The highest BCUT2D eigenvalue weighted by atomic mass is 35.5. The van der Waals surface area contributed by atoms with Crippen molar-refractivity contribution < 1.29 is 17.9 Å². The zero-order chi connectivity index (χ0) is 28.8. The predicted octanol–water partition coefficient (Wildman–Crippen LogP) is 5.20. The minimum atomic E-state index is -3.46. The number of nitrogens with zero attached hydrogens (tertiary/aromatic N) is 1. The first-order valence-electron chi connectivity index (χ1n) is 13.2. The van der Waals surface area contributed by atoms with Crippen LogP contribution >= 0.6 is 35.6 Å². The number of sulfonamides is 1. The van der Waals surface area contributed by atoms with E-state index in [1.807, 2.05) is 78.6 Å². The predicted molar refractivity (Wildman–Crippen MR) is 167 cm³/mol. The quantitative estimate of drug-likeness (QED) is 0.301. The van der Waals surface area contributed by atoms with Crippen molar-refractivity contribution in [1.29, 1.82) is 0 Å². The van der Waals surface area contributed by atoms with Crippen molar-refractivity contribution in [3.05, 3.63) is 106 Å². The van der Waals surface area contributed by atoms with E-state index in [4.69, 9.17) is 27.9 Å². The molecule has 0 radical (unpaired) electrons. The molecule has 3 aromatic rings. The summed E-state index contributed by atoms with van der Waals surface area (Å²) in [6.45, 7) is 3.59. The van der Waals surface area contributed by atoms with Crippen LogP contribution in [0, 0.1) is 0 Å². The van der Waals surface area contributed by atoms with E-state index in [-0.39, 0.29) is 24.9 Å². The van der Waals surface area contributed by atoms with Gasteiger partial charge in [-0.1, -0.05) is 89.9 Å². The molecule has 0 aliphatic carbocycles. The van der Waals surface area contributed by atoms with Crippen LogP contribution in [0.2, 0.25) is 10.0 Å². The van der Waals surface area contributed by atoms with E-state index in [2.05, 4.69) is 10.0 Å². The average molecular weight is 641 g/mol. The Hall–Kier alpha value is -2.17. The van der Waals surface area contributed by atoms with Gasteiger partial charge in [-0.15, -0.1) is 12.4 Å². The van der Waals surface area contributed by atoms with Crippen LogP contribution in [0.25, 0.3) is 0 Å². The molecule has 2 N–H and O–H groups in total. The van der Waals surface area contributed by atoms with Gasteiger partial charge >= 0.3 is 0 Å². The molecule has 1 amide bonds. The van der Waals surface area contributed by atoms with Gasteiger partial charge in [0, 0.05) is 31.6 Å². The average Bonchev–Trinajstić information content (AvgIpc) is 2.96. The Bertz CT molecular complexity index is 1400. The Balaban J connectivity index is 0.00000462. The van der Waals surface area contributed by atoms with E-state index >= 15 is 0 Å². The SMILES string of the molecule is CC(NCc1ccc(Cl)c(Cl)c1)C(=O)N1CCC(CNS(C)(=O)=O)(c2ccccc2)C(OCc2ccccc2)C1.Cl. The third-order valence-corrected chi connectivity index (χ3v) is 8.81. The molecule has 0 aromatic heterocycles. The molecule has 1 aliphatic rings. The minimum absolute atomic E-state index is 0. The summed E-state index contributed by atoms with van der Waals surface area (Å²) in [5.74, 6) is -0.0499. The molecular formula is C30H36Cl3N3O4S. The number of hydrogen-bond donors (Lipinski definition) is 2. The van der Waals surface area contributed by atoms with Gasteiger partial charge in [-0.2, -0.15) is 0 Å². The smallest absolute Gasteiger partial charge is 0.239 e. The topological polar surface area (TPSA) is 87.7 Å². The Morgan fingerprint density at radius 3 is 2.32 bits per heavy atom. The highest BCUT2D eigenvalue weighted by Gasteiger charge is 2.47. The van der Waals surface area contributed by atoms with Crippen LogP contribution in [0.5, 0.6) is 0 Å². The van der Waals surface area contributed by atoms with E-state index in [1.54, 1.807) is 12.1 Å². The maximum atomic E-state index is 13.6. The molecule has 1 aliphatic heterocycles. The largest absolute Gasteiger partial charge is 0.371 e. The molecule has 222 valence electrons. The summed E-state index contributed by atoms with van der Waals surface area (Å²) in [7, 11) is -3.46. The molecule has 0 bridgehead atoms. The molecule has 1 fully saturated rings. The number of benzene rings is 3. The lowest BCUT2D eigenvalue weighted by atomic mass is 9.70. The molecule has 41 heavy (non-hydrogen) atoms. The lowest BCUT2D eigenvalue weighted by molar-refractivity contribution is -0.141. The first-order valence-corrected chi connectivity index (χ1v) is 15.8. The van der Waals surface area contributed by atoms with Crippen molar-refractivity contribution in [2.45, 2.75) is 44.1 Å². The van der Waals surface area contributed by atoms with Crippen molar-refractivity contribution in [2.24, 2.45) is 0 Å². The van der Waals surface area contributed by atoms with E-state index < -0.39 is 27.6 Å². The molecule has 1 saturated heterocycles. The van der Waals surface area contributed by atoms with Gasteiger partial charge in [0.05, 0.1) is 35.1 Å². The minimum Gasteiger partial charge on any atom is -0.371 e. The van der Waals surface area contributed by atoms with Crippen molar-refractivity contribution >= 4 is 51.5 Å². The summed E-state index contributed by atoms with van der Waals surface area (Å²) in [6.07, 6.45) is 1.24. The van der Waals surface area contributed by atoms with Gasteiger partial charge in [0.2, 0.25) is 15.9 Å². The number of halogens is 3. The molecule has 0 saturated carbocycles. The molecular weight excluding hydrogens is 605 g/mol. The van der Waals surface area contributed by atoms with Gasteiger partial charge in [-0.3, -0.25) is 4.79 Å². The van der Waals surface area contributed by atoms with Crippen LogP contribution in [0.4, 0.5) is 0 Å². The summed E-state index contributed by atoms with van der Waals surface area (Å²) in [5.41, 5.74) is 2.24. The molecule has 3 unspecified atom stereocenters. The molecule has 7 nitrogen and oxygen atoms in total. The second-order valence-corrected chi connectivity index (χ2v) is 12.9. The lowest BCUT2D eigenvalue weighted by Gasteiger charge is -2.48. The van der Waals surface area contributed by atoms with Crippen LogP contribution in [-0.2, 0) is 38.1 Å². The number of nitrogens with one attached hydrogen (secondary N) is 2. The highest BCUT2D eigenvalue weighted by molar-refractivity contribution is 7.88. The zero-order valence-corrected chi connectivity index (χ0v) is 26.2. The van der Waals surface area contributed by atoms with Gasteiger partial charge in [0.1, 0.15) is 0 Å². The Kier molecular flexibility index (Phi) is 12.1. The van der Waals surface area contributed by atoms with Gasteiger partial charge in [-0.05, 0) is 42.2 Å². The van der Waals surface area contributed by atoms with E-state index in [0.29, 0.717) is 42.7 Å². The summed E-state index contributed by atoms with van der Waals surface area (Å²) >= 11 is 12.2. The lowest BCUT2D eigenvalue weighted by Crippen LogP contribution is -2.61. The van der Waals surface area contributed by atoms with Gasteiger partial charge in [0.25, 0.3) is 0 Å². The van der Waals surface area contributed by atoms with Gasteiger partial charge in [-0.25, -0.2) is 13.1 Å². The van der Waals surface area contributed by atoms with Crippen LogP contribution in [0.1, 0.15) is 30.0 Å². The first-order chi connectivity index (χ1) is 19.1. The summed E-state index contributed by atoms with van der Waals surface area (Å²) in [6, 6.07) is 24.6. The number of carbonyl (C=O) groups excluding carboxylic acids is 1. The van der Waals surface area contributed by atoms with Crippen LogP contribution in [0.15, 0.2) is 78.9 Å².